The minimum absolute atomic E-state index is 0.279. The first-order chi connectivity index (χ1) is 12.9. The smallest absolute Gasteiger partial charge is 0.354 e. The zero-order valence-electron chi connectivity index (χ0n) is 14.2. The number of carbonyl (C=O) groups excluding carboxylic acids is 1. The summed E-state index contributed by atoms with van der Waals surface area (Å²) in [7, 11) is 0. The number of benzene rings is 2. The van der Waals surface area contributed by atoms with E-state index in [1.54, 1.807) is 18.3 Å². The molecule has 0 saturated carbocycles. The molecule has 0 aliphatic rings. The monoisotopic (exact) mass is 371 g/mol. The molecular formula is C20H16F3N3O. The fourth-order valence-electron chi connectivity index (χ4n) is 2.64. The van der Waals surface area contributed by atoms with Crippen LogP contribution in [0.25, 0.3) is 10.9 Å². The molecule has 138 valence electrons. The lowest BCUT2D eigenvalue weighted by Gasteiger charge is -2.13. The van der Waals surface area contributed by atoms with Crippen molar-refractivity contribution in [2.45, 2.75) is 12.7 Å². The van der Waals surface area contributed by atoms with Crippen LogP contribution in [0.1, 0.15) is 11.1 Å². The highest BCUT2D eigenvalue weighted by Gasteiger charge is 2.29. The Morgan fingerprint density at radius 2 is 1.85 bits per heavy atom. The van der Waals surface area contributed by atoms with Crippen molar-refractivity contribution < 1.29 is 18.0 Å². The van der Waals surface area contributed by atoms with Gasteiger partial charge in [-0.1, -0.05) is 18.7 Å². The van der Waals surface area contributed by atoms with Crippen molar-refractivity contribution in [2.75, 3.05) is 5.32 Å². The van der Waals surface area contributed by atoms with Gasteiger partial charge in [-0.3, -0.25) is 9.78 Å². The van der Waals surface area contributed by atoms with E-state index < -0.39 is 11.7 Å². The summed E-state index contributed by atoms with van der Waals surface area (Å²) in [5, 5.41) is 6.65. The fourth-order valence-corrected chi connectivity index (χ4v) is 2.64. The molecule has 0 atom stereocenters. The van der Waals surface area contributed by atoms with Gasteiger partial charge in [-0.15, -0.1) is 0 Å². The number of hydrogen-bond donors (Lipinski definition) is 2. The van der Waals surface area contributed by atoms with Gasteiger partial charge in [-0.2, -0.15) is 13.2 Å². The van der Waals surface area contributed by atoms with Crippen LogP contribution in [-0.4, -0.2) is 10.9 Å². The van der Waals surface area contributed by atoms with E-state index in [0.29, 0.717) is 23.4 Å². The Labute approximate surface area is 153 Å². The molecule has 1 heterocycles. The Balaban J connectivity index is 1.89. The zero-order chi connectivity index (χ0) is 19.4. The topological polar surface area (TPSA) is 54.0 Å². The lowest BCUT2D eigenvalue weighted by atomic mass is 10.1. The first-order valence-electron chi connectivity index (χ1n) is 8.09. The average molecular weight is 371 g/mol. The molecule has 0 saturated heterocycles. The van der Waals surface area contributed by atoms with E-state index in [-0.39, 0.29) is 5.91 Å². The van der Waals surface area contributed by atoms with Gasteiger partial charge in [0.25, 0.3) is 0 Å². The molecule has 7 heteroatoms. The number of hydrogen-bond acceptors (Lipinski definition) is 3. The van der Waals surface area contributed by atoms with Crippen molar-refractivity contribution in [1.29, 1.82) is 0 Å². The number of alkyl halides is 3. The molecule has 0 unspecified atom stereocenters. The Morgan fingerprint density at radius 1 is 1.11 bits per heavy atom. The van der Waals surface area contributed by atoms with Gasteiger partial charge < -0.3 is 10.6 Å². The van der Waals surface area contributed by atoms with Gasteiger partial charge in [0, 0.05) is 23.8 Å². The minimum Gasteiger partial charge on any atom is -0.354 e. The number of nitrogens with one attached hydrogen (secondary N) is 2. The summed E-state index contributed by atoms with van der Waals surface area (Å²) in [4.78, 5) is 15.8. The molecule has 0 aliphatic heterocycles. The average Bonchev–Trinajstić information content (AvgIpc) is 2.67. The predicted octanol–water partition coefficient (Wildman–Crippen LogP) is 4.80. The molecule has 0 bridgehead atoms. The first-order valence-corrected chi connectivity index (χ1v) is 8.09. The number of pyridine rings is 1. The lowest BCUT2D eigenvalue weighted by molar-refractivity contribution is -0.137. The molecule has 3 rings (SSSR count). The maximum absolute atomic E-state index is 12.7. The zero-order valence-corrected chi connectivity index (χ0v) is 14.2. The molecule has 27 heavy (non-hydrogen) atoms. The number of halogens is 3. The molecule has 2 aromatic carbocycles. The van der Waals surface area contributed by atoms with Crippen molar-refractivity contribution in [1.82, 2.24) is 10.3 Å². The summed E-state index contributed by atoms with van der Waals surface area (Å²) in [6, 6.07) is 12.1. The molecule has 2 N–H and O–H groups in total. The van der Waals surface area contributed by atoms with Crippen LogP contribution in [0.15, 0.2) is 67.4 Å². The maximum Gasteiger partial charge on any atom is 0.416 e. The summed E-state index contributed by atoms with van der Waals surface area (Å²) in [5.74, 6) is -0.279. The second kappa shape index (κ2) is 7.49. The number of nitrogens with zero attached hydrogens (tertiary/aromatic N) is 1. The van der Waals surface area contributed by atoms with E-state index in [4.69, 9.17) is 0 Å². The minimum atomic E-state index is -4.37. The highest BCUT2D eigenvalue weighted by molar-refractivity contribution is 5.94. The van der Waals surface area contributed by atoms with E-state index in [1.807, 2.05) is 12.1 Å². The third kappa shape index (κ3) is 4.25. The molecule has 1 aromatic heterocycles. The largest absolute Gasteiger partial charge is 0.416 e. The van der Waals surface area contributed by atoms with Crippen molar-refractivity contribution in [3.63, 3.8) is 0 Å². The van der Waals surface area contributed by atoms with Crippen LogP contribution < -0.4 is 10.6 Å². The van der Waals surface area contributed by atoms with Gasteiger partial charge in [0.15, 0.2) is 0 Å². The molecule has 1 amide bonds. The van der Waals surface area contributed by atoms with Crippen LogP contribution >= 0.6 is 0 Å². The van der Waals surface area contributed by atoms with Crippen molar-refractivity contribution in [2.24, 2.45) is 0 Å². The van der Waals surface area contributed by atoms with Crippen molar-refractivity contribution in [3.8, 4) is 0 Å². The van der Waals surface area contributed by atoms with Crippen LogP contribution in [0.5, 0.6) is 0 Å². The molecule has 0 radical (unpaired) electrons. The van der Waals surface area contributed by atoms with E-state index in [0.717, 1.165) is 23.1 Å². The van der Waals surface area contributed by atoms with E-state index in [2.05, 4.69) is 22.2 Å². The molecule has 4 nitrogen and oxygen atoms in total. The summed E-state index contributed by atoms with van der Waals surface area (Å²) >= 11 is 0. The first kappa shape index (κ1) is 18.4. The maximum atomic E-state index is 12.7. The SMILES string of the molecule is C=CC(=O)NCc1ccc(Nc2ccc(C(F)(F)F)cc2)c2ncccc12. The van der Waals surface area contributed by atoms with Gasteiger partial charge in [0.1, 0.15) is 0 Å². The van der Waals surface area contributed by atoms with E-state index >= 15 is 0 Å². The highest BCUT2D eigenvalue weighted by Crippen LogP contribution is 2.31. The lowest BCUT2D eigenvalue weighted by Crippen LogP contribution is -2.20. The molecule has 0 spiro atoms. The van der Waals surface area contributed by atoms with E-state index in [9.17, 15) is 18.0 Å². The van der Waals surface area contributed by atoms with Gasteiger partial charge in [-0.25, -0.2) is 0 Å². The third-order valence-corrected chi connectivity index (χ3v) is 3.99. The Morgan fingerprint density at radius 3 is 2.52 bits per heavy atom. The van der Waals surface area contributed by atoms with Crippen LogP contribution in [0, 0.1) is 0 Å². The molecule has 0 fully saturated rings. The Hall–Kier alpha value is -3.35. The number of rotatable bonds is 5. The van der Waals surface area contributed by atoms with Crippen LogP contribution in [0.4, 0.5) is 24.5 Å². The van der Waals surface area contributed by atoms with Crippen LogP contribution in [0.3, 0.4) is 0 Å². The van der Waals surface area contributed by atoms with Crippen LogP contribution in [-0.2, 0) is 17.5 Å². The molecule has 3 aromatic rings. The molecule has 0 aliphatic carbocycles. The quantitative estimate of drug-likeness (QED) is 0.634. The number of fused-ring (bicyclic) bond motifs is 1. The standard InChI is InChI=1S/C20H16F3N3O/c1-2-18(27)25-12-13-5-10-17(19-16(13)4-3-11-24-19)26-15-8-6-14(7-9-15)20(21,22)23/h2-11,26H,1,12H2,(H,25,27). The molecular weight excluding hydrogens is 355 g/mol. The van der Waals surface area contributed by atoms with Gasteiger partial charge >= 0.3 is 6.18 Å². The number of anilines is 2. The normalized spacial score (nSPS) is 11.2. The van der Waals surface area contributed by atoms with Crippen molar-refractivity contribution >= 4 is 28.2 Å². The number of amides is 1. The summed E-state index contributed by atoms with van der Waals surface area (Å²) < 4.78 is 38.1. The Bertz CT molecular complexity index is 982. The van der Waals surface area contributed by atoms with Crippen molar-refractivity contribution in [3.05, 3.63) is 78.5 Å². The summed E-state index contributed by atoms with van der Waals surface area (Å²) in [6.45, 7) is 3.73. The van der Waals surface area contributed by atoms with Gasteiger partial charge in [0.2, 0.25) is 5.91 Å². The number of carbonyl (C=O) groups is 1. The van der Waals surface area contributed by atoms with E-state index in [1.165, 1.54) is 18.2 Å². The summed E-state index contributed by atoms with van der Waals surface area (Å²) in [6.07, 6.45) is -1.54. The second-order valence-electron chi connectivity index (χ2n) is 5.79. The highest BCUT2D eigenvalue weighted by atomic mass is 19.4. The predicted molar refractivity (Wildman–Crippen MR) is 98.5 cm³/mol. The third-order valence-electron chi connectivity index (χ3n) is 3.99. The van der Waals surface area contributed by atoms with Crippen LogP contribution in [0.2, 0.25) is 0 Å². The number of aromatic nitrogens is 1. The van der Waals surface area contributed by atoms with Gasteiger partial charge in [0.05, 0.1) is 16.8 Å². The fraction of sp³-hybridized carbons (Fsp3) is 0.100. The Kier molecular flexibility index (Phi) is 5.12. The second-order valence-corrected chi connectivity index (χ2v) is 5.79. The van der Waals surface area contributed by atoms with Gasteiger partial charge in [-0.05, 0) is 48.0 Å². The summed E-state index contributed by atoms with van der Waals surface area (Å²) in [5.41, 5.74) is 1.99.